The zero-order valence-corrected chi connectivity index (χ0v) is 6.79. The van der Waals surface area contributed by atoms with E-state index in [0.717, 1.165) is 0 Å². The van der Waals surface area contributed by atoms with Crippen molar-refractivity contribution in [1.82, 2.24) is 0 Å². The number of anilines is 2. The molecule has 0 unspecified atom stereocenters. The van der Waals surface area contributed by atoms with Gasteiger partial charge in [-0.15, -0.1) is 0 Å². The number of nitrogens with one attached hydrogen (secondary N) is 2. The quantitative estimate of drug-likeness (QED) is 0.613. The van der Waals surface area contributed by atoms with Gasteiger partial charge in [-0.05, 0) is 12.1 Å². The van der Waals surface area contributed by atoms with Gasteiger partial charge in [-0.1, -0.05) is 6.07 Å². The van der Waals surface area contributed by atoms with Crippen LogP contribution in [0.15, 0.2) is 18.2 Å². The van der Waals surface area contributed by atoms with Gasteiger partial charge in [0, 0.05) is 0 Å². The molecule has 0 bridgehead atoms. The Labute approximate surface area is 75.2 Å². The molecule has 4 nitrogen and oxygen atoms in total. The van der Waals surface area contributed by atoms with E-state index in [0.29, 0.717) is 16.9 Å². The number of hydrogen-bond donors (Lipinski definition) is 2. The summed E-state index contributed by atoms with van der Waals surface area (Å²) in [6, 6.07) is 7.27. The SMILES string of the molecule is N#Cc1cccc2c1NCC(=O)N2. The number of fused-ring (bicyclic) bond motifs is 1. The molecule has 1 aromatic carbocycles. The lowest BCUT2D eigenvalue weighted by Gasteiger charge is -2.19. The second-order valence-corrected chi connectivity index (χ2v) is 2.74. The third kappa shape index (κ3) is 1.20. The number of nitriles is 1. The van der Waals surface area contributed by atoms with Gasteiger partial charge in [0.25, 0.3) is 0 Å². The first-order valence-corrected chi connectivity index (χ1v) is 3.88. The summed E-state index contributed by atoms with van der Waals surface area (Å²) >= 11 is 0. The zero-order valence-electron chi connectivity index (χ0n) is 6.79. The summed E-state index contributed by atoms with van der Waals surface area (Å²) in [7, 11) is 0. The Hall–Kier alpha value is -2.02. The summed E-state index contributed by atoms with van der Waals surface area (Å²) < 4.78 is 0. The van der Waals surface area contributed by atoms with Gasteiger partial charge in [-0.3, -0.25) is 4.79 Å². The van der Waals surface area contributed by atoms with Crippen LogP contribution in [-0.4, -0.2) is 12.5 Å². The summed E-state index contributed by atoms with van der Waals surface area (Å²) in [5, 5.41) is 14.3. The van der Waals surface area contributed by atoms with E-state index in [9.17, 15) is 4.79 Å². The number of carbonyl (C=O) groups is 1. The minimum absolute atomic E-state index is 0.0809. The second-order valence-electron chi connectivity index (χ2n) is 2.74. The third-order valence-corrected chi connectivity index (χ3v) is 1.88. The van der Waals surface area contributed by atoms with Crippen molar-refractivity contribution < 1.29 is 4.79 Å². The van der Waals surface area contributed by atoms with E-state index in [1.807, 2.05) is 0 Å². The standard InChI is InChI=1S/C9H7N3O/c10-4-6-2-1-3-7-9(6)11-5-8(13)12-7/h1-3,11H,5H2,(H,12,13). The highest BCUT2D eigenvalue weighted by Crippen LogP contribution is 2.27. The minimum atomic E-state index is -0.0809. The van der Waals surface area contributed by atoms with E-state index in [2.05, 4.69) is 16.7 Å². The summed E-state index contributed by atoms with van der Waals surface area (Å²) in [5.41, 5.74) is 1.94. The van der Waals surface area contributed by atoms with E-state index >= 15 is 0 Å². The molecule has 1 amide bonds. The lowest BCUT2D eigenvalue weighted by Crippen LogP contribution is -2.27. The van der Waals surface area contributed by atoms with Crippen LogP contribution >= 0.6 is 0 Å². The number of para-hydroxylation sites is 1. The smallest absolute Gasteiger partial charge is 0.243 e. The molecular formula is C9H7N3O. The van der Waals surface area contributed by atoms with Crippen LogP contribution in [0.4, 0.5) is 11.4 Å². The molecule has 4 heteroatoms. The summed E-state index contributed by atoms with van der Waals surface area (Å²) in [5.74, 6) is -0.0809. The highest BCUT2D eigenvalue weighted by molar-refractivity contribution is 6.01. The molecule has 2 N–H and O–H groups in total. The van der Waals surface area contributed by atoms with E-state index in [-0.39, 0.29) is 12.5 Å². The molecule has 0 fully saturated rings. The molecule has 0 aliphatic carbocycles. The van der Waals surface area contributed by atoms with Crippen molar-refractivity contribution in [1.29, 1.82) is 5.26 Å². The average Bonchev–Trinajstić information content (AvgIpc) is 2.16. The topological polar surface area (TPSA) is 64.9 Å². The van der Waals surface area contributed by atoms with Gasteiger partial charge in [0.05, 0.1) is 23.5 Å². The van der Waals surface area contributed by atoms with Crippen molar-refractivity contribution in [3.63, 3.8) is 0 Å². The zero-order chi connectivity index (χ0) is 9.26. The molecule has 0 atom stereocenters. The Morgan fingerprint density at radius 1 is 1.46 bits per heavy atom. The first-order chi connectivity index (χ1) is 6.31. The molecule has 0 spiro atoms. The van der Waals surface area contributed by atoms with Crippen LogP contribution in [0, 0.1) is 11.3 Å². The number of hydrogen-bond acceptors (Lipinski definition) is 3. The maximum Gasteiger partial charge on any atom is 0.243 e. The van der Waals surface area contributed by atoms with Gasteiger partial charge in [0.1, 0.15) is 6.07 Å². The molecule has 2 rings (SSSR count). The van der Waals surface area contributed by atoms with Gasteiger partial charge < -0.3 is 10.6 Å². The summed E-state index contributed by atoms with van der Waals surface area (Å²) in [6.45, 7) is 0.228. The van der Waals surface area contributed by atoms with Gasteiger partial charge in [0.15, 0.2) is 0 Å². The highest BCUT2D eigenvalue weighted by Gasteiger charge is 2.15. The summed E-state index contributed by atoms with van der Waals surface area (Å²) in [6.07, 6.45) is 0. The Kier molecular flexibility index (Phi) is 1.64. The van der Waals surface area contributed by atoms with Gasteiger partial charge in [0.2, 0.25) is 5.91 Å². The largest absolute Gasteiger partial charge is 0.373 e. The molecule has 1 aliphatic rings. The third-order valence-electron chi connectivity index (χ3n) is 1.88. The second kappa shape index (κ2) is 2.79. The average molecular weight is 173 g/mol. The van der Waals surface area contributed by atoms with Crippen LogP contribution < -0.4 is 10.6 Å². The number of rotatable bonds is 0. The fourth-order valence-corrected chi connectivity index (χ4v) is 1.30. The first-order valence-electron chi connectivity index (χ1n) is 3.88. The Morgan fingerprint density at radius 3 is 3.08 bits per heavy atom. The van der Waals surface area contributed by atoms with Crippen LogP contribution in [-0.2, 0) is 4.79 Å². The minimum Gasteiger partial charge on any atom is -0.373 e. The molecule has 0 saturated heterocycles. The van der Waals surface area contributed by atoms with Crippen molar-refractivity contribution in [3.05, 3.63) is 23.8 Å². The first kappa shape index (κ1) is 7.62. The van der Waals surface area contributed by atoms with Crippen molar-refractivity contribution in [2.75, 3.05) is 17.2 Å². The van der Waals surface area contributed by atoms with Crippen LogP contribution in [0.25, 0.3) is 0 Å². The van der Waals surface area contributed by atoms with Crippen molar-refractivity contribution in [2.45, 2.75) is 0 Å². The highest BCUT2D eigenvalue weighted by atomic mass is 16.2. The Bertz CT molecular complexity index is 406. The van der Waals surface area contributed by atoms with Crippen LogP contribution in [0.5, 0.6) is 0 Å². The molecule has 0 radical (unpaired) electrons. The van der Waals surface area contributed by atoms with Crippen molar-refractivity contribution in [2.24, 2.45) is 0 Å². The van der Waals surface area contributed by atoms with Crippen molar-refractivity contribution >= 4 is 17.3 Å². The predicted molar refractivity (Wildman–Crippen MR) is 48.3 cm³/mol. The number of amides is 1. The van der Waals surface area contributed by atoms with Crippen LogP contribution in [0.3, 0.4) is 0 Å². The van der Waals surface area contributed by atoms with Gasteiger partial charge >= 0.3 is 0 Å². The van der Waals surface area contributed by atoms with E-state index in [1.54, 1.807) is 18.2 Å². The maximum absolute atomic E-state index is 11.0. The fourth-order valence-electron chi connectivity index (χ4n) is 1.30. The molecule has 13 heavy (non-hydrogen) atoms. The Balaban J connectivity index is 2.53. The lowest BCUT2D eigenvalue weighted by molar-refractivity contribution is -0.114. The summed E-state index contributed by atoms with van der Waals surface area (Å²) in [4.78, 5) is 11.0. The number of carbonyl (C=O) groups excluding carboxylic acids is 1. The monoisotopic (exact) mass is 173 g/mol. The van der Waals surface area contributed by atoms with E-state index in [1.165, 1.54) is 0 Å². The molecule has 0 aromatic heterocycles. The van der Waals surface area contributed by atoms with Gasteiger partial charge in [-0.2, -0.15) is 5.26 Å². The van der Waals surface area contributed by atoms with Crippen LogP contribution in [0.1, 0.15) is 5.56 Å². The molecule has 1 aromatic rings. The number of nitrogens with zero attached hydrogens (tertiary/aromatic N) is 1. The number of benzene rings is 1. The van der Waals surface area contributed by atoms with E-state index < -0.39 is 0 Å². The van der Waals surface area contributed by atoms with Crippen molar-refractivity contribution in [3.8, 4) is 6.07 Å². The fraction of sp³-hybridized carbons (Fsp3) is 0.111. The Morgan fingerprint density at radius 2 is 2.31 bits per heavy atom. The predicted octanol–water partition coefficient (Wildman–Crippen LogP) is 0.922. The molecular weight excluding hydrogens is 166 g/mol. The normalized spacial score (nSPS) is 13.6. The molecule has 0 saturated carbocycles. The molecule has 64 valence electrons. The molecule has 1 aliphatic heterocycles. The van der Waals surface area contributed by atoms with Gasteiger partial charge in [-0.25, -0.2) is 0 Å². The maximum atomic E-state index is 11.0. The van der Waals surface area contributed by atoms with Crippen LogP contribution in [0.2, 0.25) is 0 Å². The molecule has 1 heterocycles. The van der Waals surface area contributed by atoms with E-state index in [4.69, 9.17) is 5.26 Å². The lowest BCUT2D eigenvalue weighted by atomic mass is 10.1.